The van der Waals surface area contributed by atoms with E-state index in [1.54, 1.807) is 6.20 Å². The van der Waals surface area contributed by atoms with Gasteiger partial charge in [-0.15, -0.1) is 0 Å². The summed E-state index contributed by atoms with van der Waals surface area (Å²) in [5, 5.41) is 1.28. The second-order valence-corrected chi connectivity index (χ2v) is 7.71. The minimum Gasteiger partial charge on any atom is -0.357 e. The lowest BCUT2D eigenvalue weighted by atomic mass is 9.94. The van der Waals surface area contributed by atoms with E-state index < -0.39 is 10.2 Å². The number of hydroxylamine groups is 2. The molecule has 1 aliphatic rings. The molecule has 3 heterocycles. The van der Waals surface area contributed by atoms with Crippen molar-refractivity contribution >= 4 is 16.1 Å². The molecule has 0 saturated heterocycles. The molecular formula is C14H19N5O4S. The standard InChI is InChI=1S/C14H19N5O4S/c1-17(2)24(21,22)18-8-12(16-9-18)10-5-7-19(23-3)14(20)13-11(10)4-6-15-13/h4,6,8-10,15H,5,7H2,1-3H3. The molecule has 0 radical (unpaired) electrons. The lowest BCUT2D eigenvalue weighted by Gasteiger charge is -2.17. The van der Waals surface area contributed by atoms with Crippen LogP contribution in [0.4, 0.5) is 0 Å². The molecule has 1 atom stereocenters. The van der Waals surface area contributed by atoms with Crippen LogP contribution in [0.5, 0.6) is 0 Å². The van der Waals surface area contributed by atoms with Gasteiger partial charge in [-0.2, -0.15) is 12.7 Å². The van der Waals surface area contributed by atoms with E-state index in [0.29, 0.717) is 24.4 Å². The second-order valence-electron chi connectivity index (χ2n) is 5.66. The highest BCUT2D eigenvalue weighted by Gasteiger charge is 2.32. The number of carbonyl (C=O) groups is 1. The van der Waals surface area contributed by atoms with Crippen LogP contribution in [-0.2, 0) is 15.0 Å². The molecular weight excluding hydrogens is 334 g/mol. The van der Waals surface area contributed by atoms with Gasteiger partial charge in [-0.25, -0.2) is 14.0 Å². The first kappa shape index (κ1) is 16.7. The van der Waals surface area contributed by atoms with Crippen LogP contribution in [0, 0.1) is 0 Å². The number of nitrogens with zero attached hydrogens (tertiary/aromatic N) is 4. The number of aromatic amines is 1. The molecule has 10 heteroatoms. The maximum atomic E-state index is 12.4. The molecule has 9 nitrogen and oxygen atoms in total. The van der Waals surface area contributed by atoms with Gasteiger partial charge >= 0.3 is 10.2 Å². The van der Waals surface area contributed by atoms with Crippen molar-refractivity contribution in [3.05, 3.63) is 41.7 Å². The molecule has 1 N–H and O–H groups in total. The smallest absolute Gasteiger partial charge is 0.308 e. The van der Waals surface area contributed by atoms with Gasteiger partial charge in [-0.05, 0) is 18.1 Å². The number of imidazole rings is 1. The summed E-state index contributed by atoms with van der Waals surface area (Å²) in [6.07, 6.45) is 5.02. The molecule has 1 aliphatic heterocycles. The Labute approximate surface area is 140 Å². The van der Waals surface area contributed by atoms with Crippen LogP contribution in [0.25, 0.3) is 0 Å². The fourth-order valence-corrected chi connectivity index (χ4v) is 3.57. The number of amides is 1. The fourth-order valence-electron chi connectivity index (χ4n) is 2.78. The predicted molar refractivity (Wildman–Crippen MR) is 85.5 cm³/mol. The first-order valence-electron chi connectivity index (χ1n) is 7.36. The van der Waals surface area contributed by atoms with Gasteiger partial charge in [0.2, 0.25) is 0 Å². The van der Waals surface area contributed by atoms with Gasteiger partial charge in [-0.3, -0.25) is 9.63 Å². The molecule has 24 heavy (non-hydrogen) atoms. The SMILES string of the molecule is CON1CCC(c2cn(S(=O)(=O)N(C)C)cn2)c2cc[nH]c2C1=O. The quantitative estimate of drug-likeness (QED) is 0.858. The molecule has 130 valence electrons. The first-order valence-corrected chi connectivity index (χ1v) is 8.76. The van der Waals surface area contributed by atoms with E-state index >= 15 is 0 Å². The van der Waals surface area contributed by atoms with Crippen molar-refractivity contribution in [1.82, 2.24) is 23.3 Å². The number of rotatable bonds is 4. The Morgan fingerprint density at radius 2 is 2.17 bits per heavy atom. The van der Waals surface area contributed by atoms with Gasteiger partial charge in [0.05, 0.1) is 19.3 Å². The maximum Gasteiger partial charge on any atom is 0.308 e. The summed E-state index contributed by atoms with van der Waals surface area (Å²) in [5.41, 5.74) is 1.81. The van der Waals surface area contributed by atoms with E-state index in [0.717, 1.165) is 13.8 Å². The highest BCUT2D eigenvalue weighted by atomic mass is 32.2. The third-order valence-electron chi connectivity index (χ3n) is 4.10. The summed E-state index contributed by atoms with van der Waals surface area (Å²) < 4.78 is 26.6. The van der Waals surface area contributed by atoms with Gasteiger partial charge < -0.3 is 4.98 Å². The molecule has 2 aromatic heterocycles. The summed E-state index contributed by atoms with van der Waals surface area (Å²) in [5.74, 6) is -0.450. The van der Waals surface area contributed by atoms with Crippen LogP contribution < -0.4 is 0 Å². The zero-order valence-corrected chi connectivity index (χ0v) is 14.4. The van der Waals surface area contributed by atoms with E-state index in [9.17, 15) is 13.2 Å². The zero-order valence-electron chi connectivity index (χ0n) is 13.6. The maximum absolute atomic E-state index is 12.4. The third-order valence-corrected chi connectivity index (χ3v) is 5.76. The summed E-state index contributed by atoms with van der Waals surface area (Å²) in [7, 11) is 0.744. The molecule has 0 saturated carbocycles. The Kier molecular flexibility index (Phi) is 4.20. The average Bonchev–Trinajstić information content (AvgIpc) is 3.19. The van der Waals surface area contributed by atoms with Crippen molar-refractivity contribution in [3.8, 4) is 0 Å². The number of H-pyrrole nitrogens is 1. The van der Waals surface area contributed by atoms with Crippen molar-refractivity contribution in [3.63, 3.8) is 0 Å². The molecule has 2 aromatic rings. The number of aromatic nitrogens is 3. The molecule has 3 rings (SSSR count). The number of nitrogens with one attached hydrogen (secondary N) is 1. The Balaban J connectivity index is 2.01. The number of carbonyl (C=O) groups excluding carboxylic acids is 1. The van der Waals surface area contributed by atoms with Crippen LogP contribution >= 0.6 is 0 Å². The van der Waals surface area contributed by atoms with Gasteiger partial charge in [-0.1, -0.05) is 0 Å². The first-order chi connectivity index (χ1) is 11.4. The lowest BCUT2D eigenvalue weighted by molar-refractivity contribution is -0.0949. The van der Waals surface area contributed by atoms with Crippen LogP contribution in [0.1, 0.15) is 34.1 Å². The normalized spacial score (nSPS) is 18.8. The van der Waals surface area contributed by atoms with Crippen LogP contribution in [-0.4, -0.2) is 65.4 Å². The topological polar surface area (TPSA) is 101 Å². The van der Waals surface area contributed by atoms with Crippen LogP contribution in [0.3, 0.4) is 0 Å². The van der Waals surface area contributed by atoms with E-state index in [1.807, 2.05) is 6.07 Å². The van der Waals surface area contributed by atoms with Crippen LogP contribution in [0.15, 0.2) is 24.8 Å². The molecule has 0 aromatic carbocycles. The van der Waals surface area contributed by atoms with Gasteiger partial charge in [0.1, 0.15) is 12.0 Å². The monoisotopic (exact) mass is 353 g/mol. The minimum atomic E-state index is -3.62. The van der Waals surface area contributed by atoms with Crippen molar-refractivity contribution < 1.29 is 18.0 Å². The lowest BCUT2D eigenvalue weighted by Crippen LogP contribution is -2.30. The average molecular weight is 353 g/mol. The predicted octanol–water partition coefficient (Wildman–Crippen LogP) is 0.405. The number of hydrogen-bond donors (Lipinski definition) is 1. The molecule has 1 unspecified atom stereocenters. The summed E-state index contributed by atoms with van der Waals surface area (Å²) in [6.45, 7) is 0.385. The molecule has 0 aliphatic carbocycles. The fraction of sp³-hybridized carbons (Fsp3) is 0.429. The summed E-state index contributed by atoms with van der Waals surface area (Å²) in [6, 6.07) is 1.82. The molecule has 0 fully saturated rings. The van der Waals surface area contributed by atoms with E-state index in [-0.39, 0.29) is 11.8 Å². The van der Waals surface area contributed by atoms with E-state index in [1.165, 1.54) is 38.8 Å². The van der Waals surface area contributed by atoms with Crippen molar-refractivity contribution in [1.29, 1.82) is 0 Å². The molecule has 0 bridgehead atoms. The Hall–Kier alpha value is -2.17. The van der Waals surface area contributed by atoms with Gasteiger partial charge in [0, 0.05) is 32.4 Å². The highest BCUT2D eigenvalue weighted by Crippen LogP contribution is 2.33. The highest BCUT2D eigenvalue weighted by molar-refractivity contribution is 7.87. The molecule has 0 spiro atoms. The van der Waals surface area contributed by atoms with Gasteiger partial charge in [0.25, 0.3) is 5.91 Å². The van der Waals surface area contributed by atoms with E-state index in [2.05, 4.69) is 9.97 Å². The van der Waals surface area contributed by atoms with Crippen molar-refractivity contribution in [2.24, 2.45) is 0 Å². The summed E-state index contributed by atoms with van der Waals surface area (Å²) in [4.78, 5) is 24.7. The minimum absolute atomic E-state index is 0.200. The van der Waals surface area contributed by atoms with E-state index in [4.69, 9.17) is 4.84 Å². The Morgan fingerprint density at radius 1 is 1.42 bits per heavy atom. The van der Waals surface area contributed by atoms with Crippen LogP contribution in [0.2, 0.25) is 0 Å². The molecule has 1 amide bonds. The number of fused-ring (bicyclic) bond motifs is 1. The Morgan fingerprint density at radius 3 is 2.83 bits per heavy atom. The summed E-state index contributed by atoms with van der Waals surface area (Å²) >= 11 is 0. The van der Waals surface area contributed by atoms with Crippen molar-refractivity contribution in [2.45, 2.75) is 12.3 Å². The Bertz CT molecular complexity index is 854. The number of hydrogen-bond acceptors (Lipinski definition) is 5. The zero-order chi connectivity index (χ0) is 17.5. The largest absolute Gasteiger partial charge is 0.357 e. The third kappa shape index (κ3) is 2.62. The van der Waals surface area contributed by atoms with Crippen molar-refractivity contribution in [2.75, 3.05) is 27.7 Å². The second kappa shape index (κ2) is 6.04. The van der Waals surface area contributed by atoms with Gasteiger partial charge in [0.15, 0.2) is 0 Å².